The average Bonchev–Trinajstić information content (AvgIpc) is 1.97. The van der Waals surface area contributed by atoms with Gasteiger partial charge in [-0.2, -0.15) is 5.10 Å². The SMILES string of the molecule is CC1=C(C(N)=O)N(C)N=CC1C. The molecule has 0 aromatic rings. The van der Waals surface area contributed by atoms with Gasteiger partial charge in [0.1, 0.15) is 5.70 Å². The van der Waals surface area contributed by atoms with Gasteiger partial charge >= 0.3 is 0 Å². The number of hydrogen-bond donors (Lipinski definition) is 1. The molecule has 4 heteroatoms. The fraction of sp³-hybridized carbons (Fsp3) is 0.500. The van der Waals surface area contributed by atoms with Crippen molar-refractivity contribution in [3.8, 4) is 0 Å². The summed E-state index contributed by atoms with van der Waals surface area (Å²) in [6.45, 7) is 3.88. The molecule has 0 saturated heterocycles. The molecule has 1 rings (SSSR count). The summed E-state index contributed by atoms with van der Waals surface area (Å²) in [5.74, 6) is -0.220. The smallest absolute Gasteiger partial charge is 0.266 e. The molecule has 12 heavy (non-hydrogen) atoms. The Hall–Kier alpha value is -1.32. The Morgan fingerprint density at radius 1 is 1.75 bits per heavy atom. The van der Waals surface area contributed by atoms with Crippen molar-refractivity contribution in [2.75, 3.05) is 7.05 Å². The van der Waals surface area contributed by atoms with Crippen LogP contribution in [0.1, 0.15) is 13.8 Å². The van der Waals surface area contributed by atoms with Crippen LogP contribution >= 0.6 is 0 Å². The van der Waals surface area contributed by atoms with Crippen LogP contribution < -0.4 is 5.73 Å². The predicted octanol–water partition coefficient (Wildman–Crippen LogP) is 0.313. The fourth-order valence-corrected chi connectivity index (χ4v) is 1.19. The number of hydrazone groups is 1. The van der Waals surface area contributed by atoms with Crippen LogP contribution in [0.4, 0.5) is 0 Å². The molecule has 1 unspecified atom stereocenters. The number of allylic oxidation sites excluding steroid dienone is 1. The lowest BCUT2D eigenvalue weighted by molar-refractivity contribution is -0.116. The summed E-state index contributed by atoms with van der Waals surface area (Å²) in [7, 11) is 1.71. The van der Waals surface area contributed by atoms with Crippen molar-refractivity contribution in [2.24, 2.45) is 16.8 Å². The Balaban J connectivity index is 3.06. The molecule has 0 aliphatic carbocycles. The molecule has 4 nitrogen and oxygen atoms in total. The Morgan fingerprint density at radius 3 is 2.75 bits per heavy atom. The number of nitrogens with two attached hydrogens (primary N) is 1. The minimum absolute atomic E-state index is 0.198. The maximum Gasteiger partial charge on any atom is 0.266 e. The van der Waals surface area contributed by atoms with Crippen LogP contribution in [0.15, 0.2) is 16.4 Å². The van der Waals surface area contributed by atoms with Gasteiger partial charge in [0.15, 0.2) is 0 Å². The lowest BCUT2D eigenvalue weighted by atomic mass is 10.0. The highest BCUT2D eigenvalue weighted by Crippen LogP contribution is 2.19. The molecule has 1 heterocycles. The van der Waals surface area contributed by atoms with Crippen molar-refractivity contribution in [2.45, 2.75) is 13.8 Å². The molecule has 1 atom stereocenters. The Kier molecular flexibility index (Phi) is 2.17. The van der Waals surface area contributed by atoms with E-state index in [1.54, 1.807) is 13.3 Å². The zero-order chi connectivity index (χ0) is 9.30. The normalized spacial score (nSPS) is 23.2. The first-order chi connectivity index (χ1) is 5.54. The number of amides is 1. The van der Waals surface area contributed by atoms with Crippen molar-refractivity contribution in [1.29, 1.82) is 0 Å². The topological polar surface area (TPSA) is 58.7 Å². The van der Waals surface area contributed by atoms with E-state index < -0.39 is 5.91 Å². The van der Waals surface area contributed by atoms with Crippen LogP contribution in [-0.4, -0.2) is 24.2 Å². The van der Waals surface area contributed by atoms with E-state index in [1.807, 2.05) is 13.8 Å². The Labute approximate surface area is 71.7 Å². The average molecular weight is 167 g/mol. The number of rotatable bonds is 1. The molecule has 0 aromatic carbocycles. The van der Waals surface area contributed by atoms with E-state index in [0.717, 1.165) is 5.57 Å². The summed E-state index contributed by atoms with van der Waals surface area (Å²) in [5, 5.41) is 5.53. The van der Waals surface area contributed by atoms with Crippen molar-refractivity contribution in [1.82, 2.24) is 5.01 Å². The van der Waals surface area contributed by atoms with Gasteiger partial charge in [-0.05, 0) is 12.5 Å². The summed E-state index contributed by atoms with van der Waals surface area (Å²) in [6, 6.07) is 0. The molecule has 0 fully saturated rings. The van der Waals surface area contributed by atoms with E-state index in [9.17, 15) is 4.79 Å². The summed E-state index contributed by atoms with van der Waals surface area (Å²) in [4.78, 5) is 11.0. The Morgan fingerprint density at radius 2 is 2.33 bits per heavy atom. The predicted molar refractivity (Wildman–Crippen MR) is 47.3 cm³/mol. The van der Waals surface area contributed by atoms with E-state index in [2.05, 4.69) is 5.10 Å². The highest BCUT2D eigenvalue weighted by molar-refractivity contribution is 5.93. The van der Waals surface area contributed by atoms with Gasteiger partial charge in [0.2, 0.25) is 0 Å². The first-order valence-corrected chi connectivity index (χ1v) is 3.82. The first kappa shape index (κ1) is 8.77. The van der Waals surface area contributed by atoms with Gasteiger partial charge < -0.3 is 5.73 Å². The Bertz CT molecular complexity index is 267. The molecule has 1 aliphatic heterocycles. The molecule has 0 radical (unpaired) electrons. The second-order valence-corrected chi connectivity index (χ2v) is 2.97. The minimum atomic E-state index is -0.418. The van der Waals surface area contributed by atoms with Crippen LogP contribution in [-0.2, 0) is 4.79 Å². The highest BCUT2D eigenvalue weighted by atomic mass is 16.1. The van der Waals surface area contributed by atoms with E-state index in [1.165, 1.54) is 5.01 Å². The van der Waals surface area contributed by atoms with Crippen molar-refractivity contribution < 1.29 is 4.79 Å². The molecule has 2 N–H and O–H groups in total. The van der Waals surface area contributed by atoms with Crippen LogP contribution in [0, 0.1) is 5.92 Å². The van der Waals surface area contributed by atoms with Gasteiger partial charge in [0.25, 0.3) is 5.91 Å². The molecule has 1 aliphatic rings. The second-order valence-electron chi connectivity index (χ2n) is 2.97. The van der Waals surface area contributed by atoms with E-state index in [4.69, 9.17) is 5.73 Å². The number of hydrogen-bond acceptors (Lipinski definition) is 3. The van der Waals surface area contributed by atoms with Crippen molar-refractivity contribution in [3.05, 3.63) is 11.3 Å². The van der Waals surface area contributed by atoms with Crippen molar-refractivity contribution >= 4 is 12.1 Å². The number of carbonyl (C=O) groups excluding carboxylic acids is 1. The zero-order valence-corrected chi connectivity index (χ0v) is 7.53. The molecule has 1 amide bonds. The third kappa shape index (κ3) is 1.32. The largest absolute Gasteiger partial charge is 0.364 e. The van der Waals surface area contributed by atoms with Gasteiger partial charge in [0, 0.05) is 19.2 Å². The molecular formula is C8H13N3O. The third-order valence-corrected chi connectivity index (χ3v) is 2.08. The van der Waals surface area contributed by atoms with E-state index in [0.29, 0.717) is 5.70 Å². The van der Waals surface area contributed by atoms with Crippen LogP contribution in [0.5, 0.6) is 0 Å². The molecule has 0 spiro atoms. The van der Waals surface area contributed by atoms with Gasteiger partial charge in [-0.25, -0.2) is 0 Å². The van der Waals surface area contributed by atoms with Gasteiger partial charge in [0.05, 0.1) is 0 Å². The molecule has 0 saturated carbocycles. The summed E-state index contributed by atoms with van der Waals surface area (Å²) >= 11 is 0. The van der Waals surface area contributed by atoms with Gasteiger partial charge in [-0.1, -0.05) is 6.92 Å². The van der Waals surface area contributed by atoms with Crippen LogP contribution in [0.25, 0.3) is 0 Å². The molecule has 66 valence electrons. The third-order valence-electron chi connectivity index (χ3n) is 2.08. The van der Waals surface area contributed by atoms with Crippen molar-refractivity contribution in [3.63, 3.8) is 0 Å². The lowest BCUT2D eigenvalue weighted by Gasteiger charge is -2.24. The fourth-order valence-electron chi connectivity index (χ4n) is 1.19. The minimum Gasteiger partial charge on any atom is -0.364 e. The maximum absolute atomic E-state index is 11.0. The summed E-state index contributed by atoms with van der Waals surface area (Å²) in [6.07, 6.45) is 1.79. The summed E-state index contributed by atoms with van der Waals surface area (Å²) < 4.78 is 0. The lowest BCUT2D eigenvalue weighted by Crippen LogP contribution is -2.30. The number of nitrogens with zero attached hydrogens (tertiary/aromatic N) is 2. The standard InChI is InChI=1S/C8H13N3O/c1-5-4-10-11(3)7(6(5)2)8(9)12/h4-5H,1-3H3,(H2,9,12). The number of likely N-dealkylation sites (N-methyl/N-ethyl adjacent to an activating group) is 1. The first-order valence-electron chi connectivity index (χ1n) is 3.82. The van der Waals surface area contributed by atoms with Gasteiger partial charge in [-0.15, -0.1) is 0 Å². The van der Waals surface area contributed by atoms with Crippen LogP contribution in [0.2, 0.25) is 0 Å². The molecular weight excluding hydrogens is 154 g/mol. The number of primary amides is 1. The summed E-state index contributed by atoms with van der Waals surface area (Å²) in [5.41, 5.74) is 6.67. The van der Waals surface area contributed by atoms with E-state index >= 15 is 0 Å². The monoisotopic (exact) mass is 167 g/mol. The highest BCUT2D eigenvalue weighted by Gasteiger charge is 2.20. The zero-order valence-electron chi connectivity index (χ0n) is 7.53. The van der Waals surface area contributed by atoms with Gasteiger partial charge in [-0.3, -0.25) is 9.80 Å². The second kappa shape index (κ2) is 2.97. The molecule has 0 bridgehead atoms. The number of carbonyl (C=O) groups is 1. The van der Waals surface area contributed by atoms with Crippen LogP contribution in [0.3, 0.4) is 0 Å². The van der Waals surface area contributed by atoms with E-state index in [-0.39, 0.29) is 5.92 Å². The maximum atomic E-state index is 11.0. The quantitative estimate of drug-likeness (QED) is 0.611. The molecule has 0 aromatic heterocycles.